The van der Waals surface area contributed by atoms with Crippen molar-refractivity contribution in [2.24, 2.45) is 0 Å². The van der Waals surface area contributed by atoms with Gasteiger partial charge in [-0.1, -0.05) is 24.3 Å². The van der Waals surface area contributed by atoms with Gasteiger partial charge in [0.2, 0.25) is 0 Å². The minimum absolute atomic E-state index is 0.0336. The summed E-state index contributed by atoms with van der Waals surface area (Å²) in [6.45, 7) is 2.00. The summed E-state index contributed by atoms with van der Waals surface area (Å²) < 4.78 is 14.9. The predicted molar refractivity (Wildman–Crippen MR) is 121 cm³/mol. The molecule has 2 unspecified atom stereocenters. The summed E-state index contributed by atoms with van der Waals surface area (Å²) in [6, 6.07) is 14.7. The third-order valence-electron chi connectivity index (χ3n) is 6.74. The third kappa shape index (κ3) is 3.34. The molecule has 2 saturated heterocycles. The molecule has 2 aromatic carbocycles. The average Bonchev–Trinajstić information content (AvgIpc) is 3.34. The molecule has 0 bridgehead atoms. The minimum atomic E-state index is -0.553. The van der Waals surface area contributed by atoms with Gasteiger partial charge in [-0.25, -0.2) is 14.8 Å². The Bertz CT molecular complexity index is 1350. The van der Waals surface area contributed by atoms with Crippen LogP contribution >= 0.6 is 0 Å². The predicted octanol–water partition coefficient (Wildman–Crippen LogP) is 3.93. The van der Waals surface area contributed by atoms with Crippen LogP contribution in [0, 0.1) is 12.7 Å². The van der Waals surface area contributed by atoms with Crippen LogP contribution < -0.4 is 5.43 Å². The van der Waals surface area contributed by atoms with Crippen molar-refractivity contribution in [2.75, 3.05) is 0 Å². The molecule has 0 spiro atoms. The fourth-order valence-corrected chi connectivity index (χ4v) is 5.17. The van der Waals surface area contributed by atoms with E-state index < -0.39 is 11.9 Å². The monoisotopic (exact) mass is 442 g/mol. The molecular formula is C25H23FN6O. The van der Waals surface area contributed by atoms with Crippen LogP contribution in [-0.4, -0.2) is 42.9 Å². The molecule has 6 rings (SSSR count). The van der Waals surface area contributed by atoms with E-state index in [2.05, 4.69) is 32.7 Å². The number of aromatic nitrogens is 4. The largest absolute Gasteiger partial charge is 0.292 e. The summed E-state index contributed by atoms with van der Waals surface area (Å²) in [7, 11) is 0. The molecular weight excluding hydrogens is 419 g/mol. The molecule has 8 heteroatoms. The van der Waals surface area contributed by atoms with E-state index in [1.54, 1.807) is 12.1 Å². The molecule has 2 aliphatic heterocycles. The average molecular weight is 442 g/mol. The number of aryl methyl sites for hydroxylation is 1. The normalized spacial score (nSPS) is 22.7. The highest BCUT2D eigenvalue weighted by Crippen LogP contribution is 2.39. The first-order chi connectivity index (χ1) is 16.1. The second-order valence-corrected chi connectivity index (χ2v) is 8.76. The highest BCUT2D eigenvalue weighted by molar-refractivity contribution is 6.03. The van der Waals surface area contributed by atoms with Crippen LogP contribution in [0.1, 0.15) is 46.9 Å². The number of ketones is 1. The first-order valence-electron chi connectivity index (χ1n) is 11.2. The molecule has 33 heavy (non-hydrogen) atoms. The summed E-state index contributed by atoms with van der Waals surface area (Å²) in [6.07, 6.45) is 5.67. The van der Waals surface area contributed by atoms with Gasteiger partial charge in [-0.2, -0.15) is 15.0 Å². The maximum atomic E-state index is 14.9. The second-order valence-electron chi connectivity index (χ2n) is 8.76. The van der Waals surface area contributed by atoms with E-state index in [9.17, 15) is 9.18 Å². The molecule has 4 heterocycles. The Morgan fingerprint density at radius 3 is 2.76 bits per heavy atom. The van der Waals surface area contributed by atoms with E-state index >= 15 is 0 Å². The molecule has 0 radical (unpaired) electrons. The molecule has 4 aromatic rings. The molecule has 0 saturated carbocycles. The summed E-state index contributed by atoms with van der Waals surface area (Å²) in [5, 5.41) is 11.3. The number of carbonyl (C=O) groups is 1. The Labute approximate surface area is 190 Å². The van der Waals surface area contributed by atoms with Crippen LogP contribution in [0.5, 0.6) is 0 Å². The number of halogens is 1. The maximum Gasteiger partial charge on any atom is 0.186 e. The zero-order chi connectivity index (χ0) is 22.5. The van der Waals surface area contributed by atoms with E-state index in [1.165, 1.54) is 28.8 Å². The Hall–Kier alpha value is -3.49. The van der Waals surface area contributed by atoms with Crippen molar-refractivity contribution in [3.63, 3.8) is 0 Å². The van der Waals surface area contributed by atoms with Gasteiger partial charge in [0.15, 0.2) is 5.78 Å². The van der Waals surface area contributed by atoms with Gasteiger partial charge in [-0.05, 0) is 56.0 Å². The second kappa shape index (κ2) is 7.83. The van der Waals surface area contributed by atoms with Crippen LogP contribution in [0.15, 0.2) is 60.9 Å². The molecule has 2 aliphatic rings. The van der Waals surface area contributed by atoms with Gasteiger partial charge in [0.1, 0.15) is 5.82 Å². The number of fused-ring (bicyclic) bond motifs is 2. The van der Waals surface area contributed by atoms with Crippen molar-refractivity contribution in [1.82, 2.24) is 30.4 Å². The number of hydrazine groups is 1. The van der Waals surface area contributed by atoms with Gasteiger partial charge in [-0.15, -0.1) is 0 Å². The fourth-order valence-electron chi connectivity index (χ4n) is 5.17. The summed E-state index contributed by atoms with van der Waals surface area (Å²) in [5.41, 5.74) is 7.09. The van der Waals surface area contributed by atoms with Crippen LogP contribution in [0.2, 0.25) is 0 Å². The van der Waals surface area contributed by atoms with E-state index in [-0.39, 0.29) is 23.4 Å². The van der Waals surface area contributed by atoms with Crippen LogP contribution in [-0.2, 0) is 0 Å². The minimum Gasteiger partial charge on any atom is -0.292 e. The number of para-hydroxylation sites is 1. The zero-order valence-electron chi connectivity index (χ0n) is 18.1. The van der Waals surface area contributed by atoms with Gasteiger partial charge < -0.3 is 0 Å². The lowest BCUT2D eigenvalue weighted by Gasteiger charge is -2.53. The van der Waals surface area contributed by atoms with Crippen molar-refractivity contribution in [2.45, 2.75) is 44.3 Å². The number of pyridine rings is 1. The number of nitrogens with one attached hydrogen (secondary N) is 1. The Kier molecular flexibility index (Phi) is 4.78. The van der Waals surface area contributed by atoms with Crippen molar-refractivity contribution in [3.05, 3.63) is 83.6 Å². The molecule has 3 atom stereocenters. The number of Topliss-reactive ketones (excluding diaryl/α,β-unsaturated/α-hetero) is 1. The maximum absolute atomic E-state index is 14.9. The first kappa shape index (κ1) is 20.1. The highest BCUT2D eigenvalue weighted by atomic mass is 19.1. The molecule has 166 valence electrons. The lowest BCUT2D eigenvalue weighted by atomic mass is 9.82. The molecule has 1 N–H and O–H groups in total. The zero-order valence-corrected chi connectivity index (χ0v) is 18.1. The number of benzene rings is 2. The van der Waals surface area contributed by atoms with Gasteiger partial charge in [-0.3, -0.25) is 9.78 Å². The number of hydrogen-bond acceptors (Lipinski definition) is 6. The van der Waals surface area contributed by atoms with Crippen LogP contribution in [0.25, 0.3) is 16.6 Å². The van der Waals surface area contributed by atoms with Crippen LogP contribution in [0.3, 0.4) is 0 Å². The SMILES string of the molecule is Cc1cc(C2CC[C@@H]3CC(C(=O)c4c(F)cccc4-n4nccn4)N3N2)c2ccccc2n1. The smallest absolute Gasteiger partial charge is 0.186 e. The van der Waals surface area contributed by atoms with Crippen molar-refractivity contribution >= 4 is 16.7 Å². The summed E-state index contributed by atoms with van der Waals surface area (Å²) in [4.78, 5) is 19.5. The van der Waals surface area contributed by atoms with Crippen molar-refractivity contribution in [1.29, 1.82) is 0 Å². The third-order valence-corrected chi connectivity index (χ3v) is 6.74. The number of nitrogens with zero attached hydrogens (tertiary/aromatic N) is 5. The van der Waals surface area contributed by atoms with E-state index in [0.717, 1.165) is 29.4 Å². The molecule has 0 aliphatic carbocycles. The molecule has 2 fully saturated rings. The summed E-state index contributed by atoms with van der Waals surface area (Å²) in [5.74, 6) is -0.803. The molecule has 0 amide bonds. The number of rotatable bonds is 4. The van der Waals surface area contributed by atoms with E-state index in [0.29, 0.717) is 12.1 Å². The first-order valence-corrected chi connectivity index (χ1v) is 11.2. The quantitative estimate of drug-likeness (QED) is 0.483. The van der Waals surface area contributed by atoms with Crippen molar-refractivity contribution < 1.29 is 9.18 Å². The van der Waals surface area contributed by atoms with Gasteiger partial charge in [0.25, 0.3) is 0 Å². The lowest BCUT2D eigenvalue weighted by Crippen LogP contribution is -2.67. The Balaban J connectivity index is 1.31. The van der Waals surface area contributed by atoms with Gasteiger partial charge >= 0.3 is 0 Å². The van der Waals surface area contributed by atoms with Gasteiger partial charge in [0.05, 0.1) is 35.2 Å². The fraction of sp³-hybridized carbons (Fsp3) is 0.280. The standard InChI is InChI=1S/C25H23FN6O/c1-15-13-18(17-5-2-3-7-20(17)29-15)21-10-9-16-14-23(31(16)30-21)25(33)24-19(26)6-4-8-22(24)32-27-11-12-28-32/h2-8,11-13,16,21,23,30H,9-10,14H2,1H3/t16-,21?,23?/m1/s1. The molecule has 7 nitrogen and oxygen atoms in total. The Morgan fingerprint density at radius 2 is 1.91 bits per heavy atom. The van der Waals surface area contributed by atoms with Gasteiger partial charge in [0, 0.05) is 23.2 Å². The van der Waals surface area contributed by atoms with E-state index in [1.807, 2.05) is 30.1 Å². The Morgan fingerprint density at radius 1 is 1.09 bits per heavy atom. The number of carbonyl (C=O) groups excluding carboxylic acids is 1. The molecule has 2 aromatic heterocycles. The highest BCUT2D eigenvalue weighted by Gasteiger charge is 2.47. The number of hydrogen-bond donors (Lipinski definition) is 1. The topological polar surface area (TPSA) is 75.9 Å². The van der Waals surface area contributed by atoms with Crippen LogP contribution in [0.4, 0.5) is 4.39 Å². The van der Waals surface area contributed by atoms with E-state index in [4.69, 9.17) is 0 Å². The summed E-state index contributed by atoms with van der Waals surface area (Å²) >= 11 is 0. The lowest BCUT2D eigenvalue weighted by molar-refractivity contribution is -0.0637. The van der Waals surface area contributed by atoms with Crippen molar-refractivity contribution in [3.8, 4) is 5.69 Å².